The fourth-order valence-corrected chi connectivity index (χ4v) is 22.2. The molecule has 0 bridgehead atoms. The summed E-state index contributed by atoms with van der Waals surface area (Å²) in [6.45, 7) is 17.0. The summed E-state index contributed by atoms with van der Waals surface area (Å²) in [5.41, 5.74) is 42.4. The Labute approximate surface area is 810 Å². The standard InChI is InChI=1S/C27H34ClN7OS.C21H29BrN6O.C21H30N6O.C18H28N2O.C6H6ClNS.C3H3ClN4/c1-17(18-8-10-19(36-2)11-9-18)31-22-7-4-12-27(22)13-15-35(16-14-27)26-32-24(30)25(33-34-26)37-21-6-3-5-20(29)23(21)28;1-14(15-5-7-16(29-2)8-6-15)24-17-4-3-9-21(17)10-12-28(13-11-21)20-25-19(23)18(22)26-27-20;1-15(16-5-7-17(28-2)8-6-16)24-18-4-3-9-21(18)10-12-27(13-11-21)20-25-19(22)14-23-26-20;1-14(15-5-7-16(21-2)8-6-15)20-17-4-3-9-18(17)10-12-19-13-11-18;7-6-4(8)2-1-3-5(6)9;4-3-7-2(5)1-6-8-3/h3,5-6,8-11,17,22,31H,4,7,12-16,29H2,1-2H3,(H2,30,32,34);5-8,14,17,24H,3-4,9-13H2,1-2H3,(H2,23,25,27);5-8,14-15,18,24H,3-4,9-13H2,1-2H3,(H2,22,25,26);5-8,14,17,19-20H,3-4,9-13H2,1-2H3;1-3,9H,8H2;1H,(H2,5,7,8)/t17-,22-;14-,17-;15-,18-;14-,17-;;/m1111../s1. The van der Waals surface area contributed by atoms with Crippen LogP contribution in [-0.2, 0) is 0 Å². The van der Waals surface area contributed by atoms with Crippen molar-refractivity contribution in [3.05, 3.63) is 188 Å². The lowest BCUT2D eigenvalue weighted by Crippen LogP contribution is -2.49. The average Bonchev–Trinajstić information content (AvgIpc) is 1.61. The van der Waals surface area contributed by atoms with Crippen molar-refractivity contribution in [3.8, 4) is 23.0 Å². The van der Waals surface area contributed by atoms with Crippen LogP contribution in [0, 0.1) is 21.7 Å². The Morgan fingerprint density at radius 2 is 0.750 bits per heavy atom. The summed E-state index contributed by atoms with van der Waals surface area (Å²) in [6.07, 6.45) is 27.8. The number of ether oxygens (including phenoxy) is 4. The third-order valence-corrected chi connectivity index (χ3v) is 31.5. The molecule has 8 fully saturated rings. The molecule has 0 unspecified atom stereocenters. The highest BCUT2D eigenvalue weighted by molar-refractivity contribution is 9.10. The molecule has 30 nitrogen and oxygen atoms in total. The van der Waals surface area contributed by atoms with Gasteiger partial charge in [-0.15, -0.1) is 43.2 Å². The second-order valence-electron chi connectivity index (χ2n) is 35.9. The van der Waals surface area contributed by atoms with E-state index >= 15 is 0 Å². The monoisotopic (exact) mass is 1960 g/mol. The SMILES string of the molecule is COc1ccc([C@@H](C)N[C@@H]2CCCC23CCN(c2nnc(Br)c(N)n2)CC3)cc1.COc1ccc([C@@H](C)N[C@@H]2CCCC23CCN(c2nnc(Sc4cccc(N)c4Cl)c(N)n2)CC3)cc1.COc1ccc([C@@H](C)N[C@@H]2CCCC23CCN(c2nncc(N)n2)CC3)cc1.COc1ccc([C@@H](C)N[C@@H]2CCCC23CCNCC3)cc1.Nc1cccc(S)c1Cl.Nc1cnnc(Cl)n1. The van der Waals surface area contributed by atoms with E-state index < -0.39 is 0 Å². The fourth-order valence-electron chi connectivity index (χ4n) is 20.5. The minimum Gasteiger partial charge on any atom is -0.497 e. The van der Waals surface area contributed by atoms with Gasteiger partial charge < -0.3 is 94.6 Å². The highest BCUT2D eigenvalue weighted by Gasteiger charge is 2.49. The molecule has 4 saturated heterocycles. The lowest BCUT2D eigenvalue weighted by atomic mass is 9.73. The van der Waals surface area contributed by atoms with Gasteiger partial charge in [-0.3, -0.25) is 0 Å². The van der Waals surface area contributed by atoms with Crippen molar-refractivity contribution in [2.45, 2.75) is 219 Å². The Morgan fingerprint density at radius 3 is 1.08 bits per heavy atom. The van der Waals surface area contributed by atoms with E-state index in [4.69, 9.17) is 88.2 Å². The van der Waals surface area contributed by atoms with Crippen LogP contribution in [0.1, 0.15) is 203 Å². The molecular formula is C96H130BrCl3N26O4S2. The second kappa shape index (κ2) is 47.2. The van der Waals surface area contributed by atoms with E-state index in [1.165, 1.54) is 149 Å². The maximum Gasteiger partial charge on any atom is 0.247 e. The van der Waals surface area contributed by atoms with Crippen molar-refractivity contribution in [2.24, 2.45) is 21.7 Å². The van der Waals surface area contributed by atoms with Gasteiger partial charge in [0, 0.05) is 97.4 Å². The third kappa shape index (κ3) is 25.8. The summed E-state index contributed by atoms with van der Waals surface area (Å²) in [4.78, 5) is 25.0. The van der Waals surface area contributed by atoms with Crippen molar-refractivity contribution in [1.82, 2.24) is 87.3 Å². The molecule has 8 heterocycles. The number of nitrogens with zero attached hydrogens (tertiary/aromatic N) is 15. The van der Waals surface area contributed by atoms with E-state index in [0.29, 0.717) is 130 Å². The number of hydrogen-bond donors (Lipinski definition) is 12. The maximum absolute atomic E-state index is 6.32. The predicted octanol–water partition coefficient (Wildman–Crippen LogP) is 17.6. The smallest absolute Gasteiger partial charge is 0.247 e. The summed E-state index contributed by atoms with van der Waals surface area (Å²) >= 11 is 25.9. The first-order valence-corrected chi connectivity index (χ1v) is 49.1. The van der Waals surface area contributed by atoms with E-state index in [1.54, 1.807) is 46.6 Å². The minimum atomic E-state index is 0.0741. The van der Waals surface area contributed by atoms with Gasteiger partial charge in [0.15, 0.2) is 21.3 Å². The summed E-state index contributed by atoms with van der Waals surface area (Å²) in [7, 11) is 6.83. The average molecular weight is 1960 g/mol. The van der Waals surface area contributed by atoms with Crippen LogP contribution in [0.5, 0.6) is 23.0 Å². The Bertz CT molecular complexity index is 5260. The van der Waals surface area contributed by atoms with Gasteiger partial charge in [0.25, 0.3) is 0 Å². The van der Waals surface area contributed by atoms with Crippen molar-refractivity contribution >= 4 is 128 Å². The Morgan fingerprint density at radius 1 is 0.409 bits per heavy atom. The number of nitrogens with one attached hydrogen (secondary N) is 5. The number of nitrogens with two attached hydrogens (primary N) is 6. The van der Waals surface area contributed by atoms with Gasteiger partial charge in [-0.25, -0.2) is 0 Å². The number of halogens is 4. The lowest BCUT2D eigenvalue weighted by molar-refractivity contribution is 0.152. The predicted molar refractivity (Wildman–Crippen MR) is 538 cm³/mol. The molecule has 4 aliphatic heterocycles. The van der Waals surface area contributed by atoms with Crippen LogP contribution in [0.3, 0.4) is 0 Å². The Kier molecular flexibility index (Phi) is 35.8. The summed E-state index contributed by atoms with van der Waals surface area (Å²) in [5, 5.41) is 52.8. The van der Waals surface area contributed by atoms with Crippen molar-refractivity contribution in [2.75, 3.05) is 130 Å². The van der Waals surface area contributed by atoms with Gasteiger partial charge in [-0.2, -0.15) is 30.1 Å². The number of methoxy groups -OCH3 is 4. The van der Waals surface area contributed by atoms with E-state index in [2.05, 4.69) is 219 Å². The highest BCUT2D eigenvalue weighted by Crippen LogP contribution is 2.52. The van der Waals surface area contributed by atoms with Gasteiger partial charge in [0.2, 0.25) is 23.1 Å². The lowest BCUT2D eigenvalue weighted by Gasteiger charge is -2.44. The Hall–Kier alpha value is -9.39. The van der Waals surface area contributed by atoms with Crippen LogP contribution in [0.4, 0.5) is 52.5 Å². The maximum atomic E-state index is 6.32. The molecule has 4 spiro atoms. The number of nitrogen functional groups attached to an aromatic ring is 6. The first-order valence-electron chi connectivity index (χ1n) is 45.9. The molecule has 708 valence electrons. The summed E-state index contributed by atoms with van der Waals surface area (Å²) in [5.74, 6) is 6.95. The molecule has 8 aliphatic rings. The van der Waals surface area contributed by atoms with E-state index in [1.807, 2.05) is 54.6 Å². The fraction of sp³-hybridized carbons (Fsp3) is 0.500. The summed E-state index contributed by atoms with van der Waals surface area (Å²) < 4.78 is 21.6. The molecule has 0 radical (unpaired) electrons. The van der Waals surface area contributed by atoms with Crippen LogP contribution >= 0.6 is 75.1 Å². The second-order valence-corrected chi connectivity index (χ2v) is 39.3. The highest BCUT2D eigenvalue weighted by atomic mass is 79.9. The number of anilines is 9. The van der Waals surface area contributed by atoms with Gasteiger partial charge in [-0.1, -0.05) is 121 Å². The normalized spacial score (nSPS) is 20.4. The molecule has 6 aromatic carbocycles. The number of piperidine rings is 4. The zero-order valence-corrected chi connectivity index (χ0v) is 82.5. The molecule has 4 aliphatic carbocycles. The molecule has 10 aromatic rings. The molecule has 17 N–H and O–H groups in total. The van der Waals surface area contributed by atoms with Crippen LogP contribution in [0.25, 0.3) is 0 Å². The van der Waals surface area contributed by atoms with Crippen LogP contribution in [0.2, 0.25) is 15.3 Å². The van der Waals surface area contributed by atoms with Crippen LogP contribution in [-0.4, -0.2) is 166 Å². The van der Waals surface area contributed by atoms with Gasteiger partial charge >= 0.3 is 0 Å². The molecule has 4 saturated carbocycles. The summed E-state index contributed by atoms with van der Waals surface area (Å²) in [6, 6.07) is 48.0. The molecule has 0 amide bonds. The zero-order valence-electron chi connectivity index (χ0n) is 76.9. The Balaban J connectivity index is 0.000000142. The topological polar surface area (TPSA) is 418 Å². The molecule has 36 heteroatoms. The molecule has 8 atom stereocenters. The van der Waals surface area contributed by atoms with E-state index in [9.17, 15) is 0 Å². The number of aromatic nitrogens is 12. The quantitative estimate of drug-likeness (QED) is 0.0235. The van der Waals surface area contributed by atoms with Crippen molar-refractivity contribution in [3.63, 3.8) is 0 Å². The molecule has 4 aromatic heterocycles. The molecular weight excluding hydrogens is 1830 g/mol. The van der Waals surface area contributed by atoms with Crippen molar-refractivity contribution in [1.29, 1.82) is 0 Å². The van der Waals surface area contributed by atoms with E-state index in [-0.39, 0.29) is 17.1 Å². The first kappa shape index (κ1) is 100. The van der Waals surface area contributed by atoms with E-state index in [0.717, 1.165) is 111 Å². The number of thiol groups is 1. The molecule has 132 heavy (non-hydrogen) atoms. The number of rotatable bonds is 21. The number of benzene rings is 6. The van der Waals surface area contributed by atoms with Crippen LogP contribution in [0.15, 0.2) is 165 Å². The molecule has 18 rings (SSSR count). The van der Waals surface area contributed by atoms with Gasteiger partial charge in [0.05, 0.1) is 62.3 Å². The van der Waals surface area contributed by atoms with Crippen LogP contribution < -0.4 is 94.6 Å². The van der Waals surface area contributed by atoms with Crippen molar-refractivity contribution < 1.29 is 18.9 Å². The first-order chi connectivity index (χ1) is 63.7. The van der Waals surface area contributed by atoms with Gasteiger partial charge in [0.1, 0.15) is 34.6 Å². The third-order valence-electron chi connectivity index (χ3n) is 28.3. The van der Waals surface area contributed by atoms with Gasteiger partial charge in [-0.05, 0) is 288 Å². The zero-order chi connectivity index (χ0) is 93.5. The largest absolute Gasteiger partial charge is 0.497 e. The number of hydrogen-bond acceptors (Lipinski definition) is 32. The minimum absolute atomic E-state index is 0.0741.